The molecule has 0 heterocycles. The van der Waals surface area contributed by atoms with E-state index in [-0.39, 0.29) is 0 Å². The molecule has 5 heteroatoms. The Hall–Kier alpha value is -2.30. The van der Waals surface area contributed by atoms with Crippen LogP contribution in [-0.4, -0.2) is 29.6 Å². The van der Waals surface area contributed by atoms with E-state index in [9.17, 15) is 9.59 Å². The second-order valence-corrected chi connectivity index (χ2v) is 4.11. The Morgan fingerprint density at radius 3 is 2.65 bits per heavy atom. The largest absolute Gasteiger partial charge is 0.493 e. The number of hydrogen-bond donors (Lipinski definition) is 2. The van der Waals surface area contributed by atoms with E-state index in [2.05, 4.69) is 5.32 Å². The van der Waals surface area contributed by atoms with E-state index in [0.29, 0.717) is 18.8 Å². The minimum Gasteiger partial charge on any atom is -0.493 e. The number of para-hydroxylation sites is 1. The molecule has 0 aliphatic carbocycles. The van der Waals surface area contributed by atoms with Crippen LogP contribution in [0.25, 0.3) is 6.08 Å². The van der Waals surface area contributed by atoms with E-state index in [0.717, 1.165) is 5.56 Å². The third-order valence-corrected chi connectivity index (χ3v) is 2.66. The molecule has 0 saturated carbocycles. The van der Waals surface area contributed by atoms with E-state index >= 15 is 0 Å². The highest BCUT2D eigenvalue weighted by Gasteiger charge is 2.15. The van der Waals surface area contributed by atoms with Gasteiger partial charge in [-0.2, -0.15) is 0 Å². The third kappa shape index (κ3) is 4.76. The maximum Gasteiger partial charge on any atom is 0.326 e. The number of aliphatic carboxylic acids is 1. The van der Waals surface area contributed by atoms with Crippen molar-refractivity contribution in [3.8, 4) is 5.75 Å². The van der Waals surface area contributed by atoms with Crippen LogP contribution in [0.3, 0.4) is 0 Å². The number of carboxylic acid groups (broad SMARTS) is 1. The predicted octanol–water partition coefficient (Wildman–Crippen LogP) is 2.08. The molecule has 0 unspecified atom stereocenters. The fourth-order valence-electron chi connectivity index (χ4n) is 1.63. The van der Waals surface area contributed by atoms with Gasteiger partial charge in [0.25, 0.3) is 0 Å². The summed E-state index contributed by atoms with van der Waals surface area (Å²) in [6.07, 6.45) is 3.25. The molecule has 20 heavy (non-hydrogen) atoms. The van der Waals surface area contributed by atoms with Crippen molar-refractivity contribution in [3.63, 3.8) is 0 Å². The Morgan fingerprint density at radius 1 is 1.35 bits per heavy atom. The van der Waals surface area contributed by atoms with Crippen molar-refractivity contribution in [2.45, 2.75) is 26.3 Å². The van der Waals surface area contributed by atoms with E-state index in [4.69, 9.17) is 9.84 Å². The molecule has 0 bridgehead atoms. The molecule has 108 valence electrons. The molecule has 0 aliphatic rings. The highest BCUT2D eigenvalue weighted by atomic mass is 16.5. The average Bonchev–Trinajstić information content (AvgIpc) is 2.43. The van der Waals surface area contributed by atoms with Gasteiger partial charge in [0.05, 0.1) is 6.61 Å². The van der Waals surface area contributed by atoms with Crippen molar-refractivity contribution in [1.29, 1.82) is 0 Å². The second kappa shape index (κ2) is 7.99. The molecule has 0 saturated heterocycles. The van der Waals surface area contributed by atoms with Gasteiger partial charge in [-0.15, -0.1) is 0 Å². The van der Waals surface area contributed by atoms with Crippen LogP contribution < -0.4 is 10.1 Å². The molecule has 0 aliphatic heterocycles. The fourth-order valence-corrected chi connectivity index (χ4v) is 1.63. The number of amides is 1. The Morgan fingerprint density at radius 2 is 2.05 bits per heavy atom. The Labute approximate surface area is 118 Å². The first-order valence-corrected chi connectivity index (χ1v) is 6.51. The topological polar surface area (TPSA) is 75.6 Å². The van der Waals surface area contributed by atoms with Gasteiger partial charge in [-0.25, -0.2) is 4.79 Å². The van der Waals surface area contributed by atoms with Crippen molar-refractivity contribution in [1.82, 2.24) is 5.32 Å². The molecule has 1 aromatic carbocycles. The number of rotatable bonds is 7. The van der Waals surface area contributed by atoms with Gasteiger partial charge >= 0.3 is 5.97 Å². The molecular weight excluding hydrogens is 258 g/mol. The first-order valence-electron chi connectivity index (χ1n) is 6.51. The summed E-state index contributed by atoms with van der Waals surface area (Å²) in [6.45, 7) is 4.12. The van der Waals surface area contributed by atoms with Gasteiger partial charge in [0, 0.05) is 11.6 Å². The fraction of sp³-hybridized carbons (Fsp3) is 0.333. The molecule has 0 aromatic heterocycles. The summed E-state index contributed by atoms with van der Waals surface area (Å²) in [5, 5.41) is 11.3. The Bertz CT molecular complexity index is 496. The number of carbonyl (C=O) groups excluding carboxylic acids is 1. The van der Waals surface area contributed by atoms with Crippen molar-refractivity contribution in [2.24, 2.45) is 0 Å². The van der Waals surface area contributed by atoms with Crippen LogP contribution in [0.1, 0.15) is 25.8 Å². The summed E-state index contributed by atoms with van der Waals surface area (Å²) in [7, 11) is 0. The van der Waals surface area contributed by atoms with Crippen LogP contribution in [-0.2, 0) is 9.59 Å². The van der Waals surface area contributed by atoms with Gasteiger partial charge < -0.3 is 15.2 Å². The number of nitrogens with one attached hydrogen (secondary N) is 1. The molecule has 1 rings (SSSR count). The quantitative estimate of drug-likeness (QED) is 0.748. The van der Waals surface area contributed by atoms with Gasteiger partial charge in [-0.05, 0) is 25.5 Å². The van der Waals surface area contributed by atoms with Gasteiger partial charge in [0.1, 0.15) is 11.8 Å². The zero-order valence-corrected chi connectivity index (χ0v) is 11.6. The zero-order valence-electron chi connectivity index (χ0n) is 11.6. The monoisotopic (exact) mass is 277 g/mol. The highest BCUT2D eigenvalue weighted by molar-refractivity contribution is 5.94. The highest BCUT2D eigenvalue weighted by Crippen LogP contribution is 2.19. The average molecular weight is 277 g/mol. The summed E-state index contributed by atoms with van der Waals surface area (Å²) in [6, 6.07) is 6.46. The number of carboxylic acids is 1. The minimum absolute atomic E-state index is 0.338. The summed E-state index contributed by atoms with van der Waals surface area (Å²) in [4.78, 5) is 22.5. The maximum absolute atomic E-state index is 11.7. The van der Waals surface area contributed by atoms with E-state index in [1.807, 2.05) is 31.2 Å². The van der Waals surface area contributed by atoms with Crippen molar-refractivity contribution < 1.29 is 19.4 Å². The zero-order chi connectivity index (χ0) is 15.0. The van der Waals surface area contributed by atoms with Crippen LogP contribution in [0.15, 0.2) is 30.3 Å². The predicted molar refractivity (Wildman–Crippen MR) is 76.5 cm³/mol. The first kappa shape index (κ1) is 15.8. The van der Waals surface area contributed by atoms with Crippen molar-refractivity contribution in [3.05, 3.63) is 35.9 Å². The van der Waals surface area contributed by atoms with Gasteiger partial charge in [0.15, 0.2) is 0 Å². The van der Waals surface area contributed by atoms with E-state index < -0.39 is 17.9 Å². The summed E-state index contributed by atoms with van der Waals surface area (Å²) < 4.78 is 5.43. The molecule has 1 amide bonds. The standard InChI is InChI=1S/C15H19NO4/c1-3-12(15(18)19)16-14(17)10-9-11-7-5-6-8-13(11)20-4-2/h5-10,12H,3-4H2,1-2H3,(H,16,17)(H,18,19)/t12-/m1/s1. The van der Waals surface area contributed by atoms with Gasteiger partial charge in [-0.1, -0.05) is 25.1 Å². The van der Waals surface area contributed by atoms with Crippen molar-refractivity contribution >= 4 is 18.0 Å². The van der Waals surface area contributed by atoms with Crippen LogP contribution in [0.4, 0.5) is 0 Å². The number of carbonyl (C=O) groups is 2. The summed E-state index contributed by atoms with van der Waals surface area (Å²) in [5.74, 6) is -0.793. The molecule has 1 aromatic rings. The van der Waals surface area contributed by atoms with Gasteiger partial charge in [-0.3, -0.25) is 4.79 Å². The summed E-state index contributed by atoms with van der Waals surface area (Å²) >= 11 is 0. The minimum atomic E-state index is -1.04. The smallest absolute Gasteiger partial charge is 0.326 e. The van der Waals surface area contributed by atoms with E-state index in [1.165, 1.54) is 6.08 Å². The maximum atomic E-state index is 11.7. The molecule has 1 atom stereocenters. The Kier molecular flexibility index (Phi) is 6.29. The lowest BCUT2D eigenvalue weighted by molar-refractivity contribution is -0.141. The van der Waals surface area contributed by atoms with Crippen LogP contribution in [0.2, 0.25) is 0 Å². The summed E-state index contributed by atoms with van der Waals surface area (Å²) in [5.41, 5.74) is 0.771. The van der Waals surface area contributed by atoms with Crippen LogP contribution in [0, 0.1) is 0 Å². The molecule has 0 radical (unpaired) electrons. The lowest BCUT2D eigenvalue weighted by Gasteiger charge is -2.10. The molecule has 0 fully saturated rings. The normalized spacial score (nSPS) is 12.1. The second-order valence-electron chi connectivity index (χ2n) is 4.11. The number of benzene rings is 1. The first-order chi connectivity index (χ1) is 9.58. The lowest BCUT2D eigenvalue weighted by atomic mass is 10.2. The molecule has 2 N–H and O–H groups in total. The number of ether oxygens (including phenoxy) is 1. The van der Waals surface area contributed by atoms with Gasteiger partial charge in [0.2, 0.25) is 5.91 Å². The van der Waals surface area contributed by atoms with Crippen LogP contribution >= 0.6 is 0 Å². The third-order valence-electron chi connectivity index (χ3n) is 2.66. The van der Waals surface area contributed by atoms with Crippen molar-refractivity contribution in [2.75, 3.05) is 6.61 Å². The number of hydrogen-bond acceptors (Lipinski definition) is 3. The molecular formula is C15H19NO4. The lowest BCUT2D eigenvalue weighted by Crippen LogP contribution is -2.39. The molecule has 0 spiro atoms. The molecule has 5 nitrogen and oxygen atoms in total. The van der Waals surface area contributed by atoms with Crippen LogP contribution in [0.5, 0.6) is 5.75 Å². The van der Waals surface area contributed by atoms with E-state index in [1.54, 1.807) is 13.0 Å². The Balaban J connectivity index is 2.72. The SMILES string of the molecule is CCOc1ccccc1C=CC(=O)N[C@H](CC)C(=O)O.